The van der Waals surface area contributed by atoms with Crippen molar-refractivity contribution in [3.05, 3.63) is 102 Å². The molecule has 3 aromatic carbocycles. The van der Waals surface area contributed by atoms with Gasteiger partial charge in [0.15, 0.2) is 5.96 Å². The smallest absolute Gasteiger partial charge is 0.326 e. The molecule has 12 N–H and O–H groups in total. The summed E-state index contributed by atoms with van der Waals surface area (Å²) in [7, 11) is 0. The van der Waals surface area contributed by atoms with Crippen molar-refractivity contribution in [3.63, 3.8) is 0 Å². The first-order valence-electron chi connectivity index (χ1n) is 15.8. The van der Waals surface area contributed by atoms with Gasteiger partial charge in [0.25, 0.3) is 0 Å². The number of H-pyrrole nitrogens is 1. The van der Waals surface area contributed by atoms with Crippen LogP contribution in [0.15, 0.2) is 90.1 Å². The van der Waals surface area contributed by atoms with Crippen LogP contribution in [0, 0.1) is 0 Å². The standard InChI is InChI=1S/C35H42N8O6/c36-26(17-22-12-14-24(44)15-13-22)31(45)41-28(11-6-16-39-35(37)38)32(46)42-29(19-23-20-40-27-10-5-4-9-25(23)27)33(47)43-30(34(48)49)18-21-7-2-1-3-8-21/h1-5,7-10,12-15,20,26,28-30,40,44H,6,11,16-19,36H2,(H,41,45)(H,42,46)(H,43,47)(H,48,49)(H4,37,38,39). The van der Waals surface area contributed by atoms with Crippen molar-refractivity contribution in [2.75, 3.05) is 6.54 Å². The van der Waals surface area contributed by atoms with E-state index in [1.807, 2.05) is 24.3 Å². The van der Waals surface area contributed by atoms with Crippen molar-refractivity contribution in [2.24, 2.45) is 22.2 Å². The van der Waals surface area contributed by atoms with Gasteiger partial charge in [0.1, 0.15) is 23.9 Å². The zero-order chi connectivity index (χ0) is 35.3. The number of nitrogens with one attached hydrogen (secondary N) is 4. The predicted molar refractivity (Wildman–Crippen MR) is 185 cm³/mol. The first-order valence-corrected chi connectivity index (χ1v) is 15.8. The number of aliphatic carboxylic acids is 1. The fourth-order valence-electron chi connectivity index (χ4n) is 5.35. The molecule has 0 aliphatic carbocycles. The van der Waals surface area contributed by atoms with Gasteiger partial charge in [0.2, 0.25) is 17.7 Å². The second-order valence-corrected chi connectivity index (χ2v) is 11.7. The summed E-state index contributed by atoms with van der Waals surface area (Å²) < 4.78 is 0. The number of nitrogens with zero attached hydrogens (tertiary/aromatic N) is 1. The van der Waals surface area contributed by atoms with Crippen LogP contribution in [-0.4, -0.2) is 75.6 Å². The highest BCUT2D eigenvalue weighted by atomic mass is 16.4. The number of rotatable bonds is 17. The second kappa shape index (κ2) is 17.3. The van der Waals surface area contributed by atoms with Crippen LogP contribution in [0.2, 0.25) is 0 Å². The maximum Gasteiger partial charge on any atom is 0.326 e. The SMILES string of the molecule is NC(N)=NCCCC(NC(=O)C(N)Cc1ccc(O)cc1)C(=O)NC(Cc1c[nH]c2ccccc12)C(=O)NC(Cc1ccccc1)C(=O)O. The molecule has 1 heterocycles. The Hall–Kier alpha value is -5.89. The minimum atomic E-state index is -1.27. The number of carboxylic acids is 1. The largest absolute Gasteiger partial charge is 0.508 e. The van der Waals surface area contributed by atoms with Gasteiger partial charge in [-0.1, -0.05) is 60.7 Å². The first-order chi connectivity index (χ1) is 23.5. The Morgan fingerprint density at radius 2 is 1.35 bits per heavy atom. The molecule has 0 radical (unpaired) electrons. The summed E-state index contributed by atoms with van der Waals surface area (Å²) in [6.45, 7) is 0.181. The van der Waals surface area contributed by atoms with Crippen LogP contribution in [0.25, 0.3) is 10.9 Å². The van der Waals surface area contributed by atoms with Gasteiger partial charge in [-0.15, -0.1) is 0 Å². The number of aromatic amines is 1. The Morgan fingerprint density at radius 3 is 2.04 bits per heavy atom. The topological polar surface area (TPSA) is 251 Å². The highest BCUT2D eigenvalue weighted by Gasteiger charge is 2.31. The third-order valence-electron chi connectivity index (χ3n) is 7.94. The van der Waals surface area contributed by atoms with E-state index in [9.17, 15) is 29.4 Å². The van der Waals surface area contributed by atoms with Crippen molar-refractivity contribution >= 4 is 40.6 Å². The zero-order valence-corrected chi connectivity index (χ0v) is 26.8. The zero-order valence-electron chi connectivity index (χ0n) is 26.8. The van der Waals surface area contributed by atoms with Gasteiger partial charge < -0.3 is 48.3 Å². The molecule has 4 aromatic rings. The molecule has 0 aliphatic heterocycles. The van der Waals surface area contributed by atoms with E-state index >= 15 is 0 Å². The van der Waals surface area contributed by atoms with E-state index in [4.69, 9.17) is 17.2 Å². The van der Waals surface area contributed by atoms with E-state index in [0.717, 1.165) is 16.5 Å². The summed E-state index contributed by atoms with van der Waals surface area (Å²) in [4.78, 5) is 60.2. The monoisotopic (exact) mass is 670 g/mol. The van der Waals surface area contributed by atoms with E-state index in [-0.39, 0.29) is 43.9 Å². The number of fused-ring (bicyclic) bond motifs is 1. The number of aliphatic imine (C=N–C) groups is 1. The van der Waals surface area contributed by atoms with E-state index in [1.54, 1.807) is 48.7 Å². The Bertz CT molecular complexity index is 1750. The van der Waals surface area contributed by atoms with E-state index in [1.165, 1.54) is 12.1 Å². The lowest BCUT2D eigenvalue weighted by Gasteiger charge is -2.25. The van der Waals surface area contributed by atoms with Crippen molar-refractivity contribution in [2.45, 2.75) is 56.3 Å². The first kappa shape index (κ1) is 36.0. The van der Waals surface area contributed by atoms with Crippen LogP contribution >= 0.6 is 0 Å². The Labute approximate surface area is 283 Å². The summed E-state index contributed by atoms with van der Waals surface area (Å²) in [5, 5.41) is 28.4. The maximum absolute atomic E-state index is 13.9. The molecule has 14 heteroatoms. The maximum atomic E-state index is 13.9. The van der Waals surface area contributed by atoms with Crippen LogP contribution in [0.5, 0.6) is 5.75 Å². The summed E-state index contributed by atoms with van der Waals surface area (Å²) in [6, 6.07) is 17.9. The summed E-state index contributed by atoms with van der Waals surface area (Å²) in [6.07, 6.45) is 2.32. The number of aromatic nitrogens is 1. The van der Waals surface area contributed by atoms with Crippen molar-refractivity contribution in [3.8, 4) is 5.75 Å². The molecule has 4 rings (SSSR count). The molecule has 4 atom stereocenters. The lowest BCUT2D eigenvalue weighted by Crippen LogP contribution is -2.58. The number of phenolic OH excluding ortho intramolecular Hbond substituents is 1. The molecule has 0 aliphatic rings. The molecule has 3 amide bonds. The highest BCUT2D eigenvalue weighted by Crippen LogP contribution is 2.20. The Morgan fingerprint density at radius 1 is 0.735 bits per heavy atom. The number of para-hydroxylation sites is 1. The minimum absolute atomic E-state index is 0.0221. The Balaban J connectivity index is 1.56. The second-order valence-electron chi connectivity index (χ2n) is 11.7. The number of benzene rings is 3. The molecule has 0 fully saturated rings. The summed E-state index contributed by atoms with van der Waals surface area (Å²) in [5.74, 6) is -3.29. The molecule has 14 nitrogen and oxygen atoms in total. The number of carboxylic acid groups (broad SMARTS) is 1. The lowest BCUT2D eigenvalue weighted by molar-refractivity contribution is -0.142. The van der Waals surface area contributed by atoms with E-state index in [0.29, 0.717) is 17.5 Å². The molecule has 0 bridgehead atoms. The van der Waals surface area contributed by atoms with Gasteiger partial charge >= 0.3 is 5.97 Å². The lowest BCUT2D eigenvalue weighted by atomic mass is 10.0. The van der Waals surface area contributed by atoms with E-state index < -0.39 is 47.9 Å². The van der Waals surface area contributed by atoms with Gasteiger partial charge in [0, 0.05) is 36.5 Å². The van der Waals surface area contributed by atoms with Gasteiger partial charge in [-0.25, -0.2) is 4.79 Å². The number of guanidine groups is 1. The molecule has 49 heavy (non-hydrogen) atoms. The van der Waals surface area contributed by atoms with Crippen LogP contribution in [0.4, 0.5) is 0 Å². The molecule has 0 saturated heterocycles. The molecular weight excluding hydrogens is 628 g/mol. The minimum Gasteiger partial charge on any atom is -0.508 e. The quantitative estimate of drug-likeness (QED) is 0.0437. The molecule has 4 unspecified atom stereocenters. The fourth-order valence-corrected chi connectivity index (χ4v) is 5.35. The van der Waals surface area contributed by atoms with Crippen molar-refractivity contribution in [1.82, 2.24) is 20.9 Å². The average Bonchev–Trinajstić information content (AvgIpc) is 3.49. The molecule has 0 saturated carbocycles. The van der Waals surface area contributed by atoms with Gasteiger partial charge in [-0.05, 0) is 54.2 Å². The molecule has 1 aromatic heterocycles. The number of hydrogen-bond donors (Lipinski definition) is 9. The number of carbonyl (C=O) groups excluding carboxylic acids is 3. The normalized spacial score (nSPS) is 13.4. The van der Waals surface area contributed by atoms with Gasteiger partial charge in [-0.3, -0.25) is 19.4 Å². The number of carbonyl (C=O) groups is 4. The van der Waals surface area contributed by atoms with E-state index in [2.05, 4.69) is 25.9 Å². The molecule has 0 spiro atoms. The van der Waals surface area contributed by atoms with Gasteiger partial charge in [-0.2, -0.15) is 0 Å². The van der Waals surface area contributed by atoms with Crippen molar-refractivity contribution in [1.29, 1.82) is 0 Å². The number of nitrogens with two attached hydrogens (primary N) is 3. The third kappa shape index (κ3) is 10.8. The van der Waals surface area contributed by atoms with Crippen LogP contribution < -0.4 is 33.2 Å². The Kier molecular flexibility index (Phi) is 12.7. The van der Waals surface area contributed by atoms with Crippen molar-refractivity contribution < 1.29 is 29.4 Å². The number of hydrogen-bond acceptors (Lipinski definition) is 7. The highest BCUT2D eigenvalue weighted by molar-refractivity contribution is 5.95. The molecule has 258 valence electrons. The third-order valence-corrected chi connectivity index (χ3v) is 7.94. The molecular formula is C35H42N8O6. The van der Waals surface area contributed by atoms with Crippen LogP contribution in [0.3, 0.4) is 0 Å². The van der Waals surface area contributed by atoms with Crippen LogP contribution in [-0.2, 0) is 38.4 Å². The summed E-state index contributed by atoms with van der Waals surface area (Å²) in [5.41, 5.74) is 20.0. The summed E-state index contributed by atoms with van der Waals surface area (Å²) >= 11 is 0. The van der Waals surface area contributed by atoms with Gasteiger partial charge in [0.05, 0.1) is 6.04 Å². The number of aromatic hydroxyl groups is 1. The fraction of sp³-hybridized carbons (Fsp3) is 0.286. The van der Waals surface area contributed by atoms with Crippen LogP contribution in [0.1, 0.15) is 29.5 Å². The number of amides is 3. The predicted octanol–water partition coefficient (Wildman–Crippen LogP) is 0.821. The average molecular weight is 671 g/mol. The number of phenols is 1.